The molecule has 0 unspecified atom stereocenters. The molecule has 0 aromatic heterocycles. The van der Waals surface area contributed by atoms with Crippen LogP contribution in [0.25, 0.3) is 0 Å². The van der Waals surface area contributed by atoms with Crippen molar-refractivity contribution in [2.24, 2.45) is 5.73 Å². The van der Waals surface area contributed by atoms with Gasteiger partial charge in [0.2, 0.25) is 0 Å². The Hall–Kier alpha value is -1.55. The highest BCUT2D eigenvalue weighted by Gasteiger charge is 2.15. The van der Waals surface area contributed by atoms with Crippen LogP contribution in [-0.4, -0.2) is 26.0 Å². The van der Waals surface area contributed by atoms with Crippen LogP contribution in [0.15, 0.2) is 18.2 Å². The van der Waals surface area contributed by atoms with Crippen LogP contribution in [-0.2, 0) is 0 Å². The van der Waals surface area contributed by atoms with E-state index in [0.29, 0.717) is 36.6 Å². The molecule has 1 aromatic carbocycles. The van der Waals surface area contributed by atoms with E-state index in [4.69, 9.17) is 15.2 Å². The van der Waals surface area contributed by atoms with Gasteiger partial charge in [-0.3, -0.25) is 4.79 Å². The highest BCUT2D eigenvalue weighted by atomic mass is 16.5. The van der Waals surface area contributed by atoms with Crippen molar-refractivity contribution < 1.29 is 14.3 Å². The van der Waals surface area contributed by atoms with Gasteiger partial charge in [0, 0.05) is 6.42 Å². The van der Waals surface area contributed by atoms with E-state index in [2.05, 4.69) is 0 Å². The average molecular weight is 223 g/mol. The van der Waals surface area contributed by atoms with Crippen molar-refractivity contribution in [1.29, 1.82) is 0 Å². The fourth-order valence-electron chi connectivity index (χ4n) is 1.48. The van der Waals surface area contributed by atoms with Crippen LogP contribution in [0.1, 0.15) is 23.7 Å². The largest absolute Gasteiger partial charge is 0.492 e. The summed E-state index contributed by atoms with van der Waals surface area (Å²) in [6.45, 7) is 2.75. The van der Waals surface area contributed by atoms with Crippen LogP contribution in [0.5, 0.6) is 11.5 Å². The first-order valence-electron chi connectivity index (χ1n) is 5.27. The van der Waals surface area contributed by atoms with Gasteiger partial charge in [0.05, 0.1) is 19.3 Å². The Balaban J connectivity index is 3.08. The summed E-state index contributed by atoms with van der Waals surface area (Å²) in [7, 11) is 1.52. The van der Waals surface area contributed by atoms with Crippen LogP contribution in [0.2, 0.25) is 0 Å². The molecule has 0 aliphatic carbocycles. The number of ketones is 1. The number of hydrogen-bond acceptors (Lipinski definition) is 4. The number of para-hydroxylation sites is 1. The summed E-state index contributed by atoms with van der Waals surface area (Å²) in [5.74, 6) is 1.05. The predicted molar refractivity (Wildman–Crippen MR) is 62.2 cm³/mol. The molecule has 88 valence electrons. The number of carbonyl (C=O) groups excluding carboxylic acids is 1. The van der Waals surface area contributed by atoms with E-state index >= 15 is 0 Å². The molecule has 1 rings (SSSR count). The van der Waals surface area contributed by atoms with Crippen molar-refractivity contribution >= 4 is 5.78 Å². The Bertz CT molecular complexity index is 363. The molecule has 0 heterocycles. The van der Waals surface area contributed by atoms with E-state index in [9.17, 15) is 4.79 Å². The molecule has 0 atom stereocenters. The molecule has 0 bridgehead atoms. The van der Waals surface area contributed by atoms with Crippen LogP contribution in [0.3, 0.4) is 0 Å². The summed E-state index contributed by atoms with van der Waals surface area (Å²) in [4.78, 5) is 11.8. The number of benzene rings is 1. The van der Waals surface area contributed by atoms with Gasteiger partial charge < -0.3 is 15.2 Å². The molecular formula is C12H17NO3. The molecule has 0 aliphatic heterocycles. The zero-order valence-corrected chi connectivity index (χ0v) is 9.66. The molecule has 4 nitrogen and oxygen atoms in total. The predicted octanol–water partition coefficient (Wildman–Crippen LogP) is 1.63. The Labute approximate surface area is 95.3 Å². The second-order valence-electron chi connectivity index (χ2n) is 3.23. The molecule has 0 radical (unpaired) electrons. The minimum atomic E-state index is -0.0269. The lowest BCUT2D eigenvalue weighted by Gasteiger charge is -2.12. The maximum absolute atomic E-state index is 11.8. The van der Waals surface area contributed by atoms with Crippen LogP contribution >= 0.6 is 0 Å². The fourth-order valence-corrected chi connectivity index (χ4v) is 1.48. The minimum absolute atomic E-state index is 0.0269. The Morgan fingerprint density at radius 2 is 2.19 bits per heavy atom. The number of rotatable bonds is 6. The highest BCUT2D eigenvalue weighted by molar-refractivity contribution is 5.99. The van der Waals surface area contributed by atoms with Crippen molar-refractivity contribution in [2.75, 3.05) is 20.3 Å². The van der Waals surface area contributed by atoms with Gasteiger partial charge in [-0.05, 0) is 25.6 Å². The van der Waals surface area contributed by atoms with E-state index in [1.807, 2.05) is 6.92 Å². The average Bonchev–Trinajstić information content (AvgIpc) is 2.29. The number of ether oxygens (including phenoxy) is 2. The lowest BCUT2D eigenvalue weighted by Crippen LogP contribution is -2.10. The van der Waals surface area contributed by atoms with Gasteiger partial charge >= 0.3 is 0 Å². The second kappa shape index (κ2) is 6.12. The van der Waals surface area contributed by atoms with E-state index < -0.39 is 0 Å². The fraction of sp³-hybridized carbons (Fsp3) is 0.417. The first-order valence-corrected chi connectivity index (χ1v) is 5.27. The Morgan fingerprint density at radius 3 is 2.75 bits per heavy atom. The quantitative estimate of drug-likeness (QED) is 0.744. The van der Waals surface area contributed by atoms with Gasteiger partial charge in [0.1, 0.15) is 0 Å². The van der Waals surface area contributed by atoms with Crippen LogP contribution < -0.4 is 15.2 Å². The van der Waals surface area contributed by atoms with Gasteiger partial charge in [0.15, 0.2) is 17.3 Å². The van der Waals surface area contributed by atoms with Gasteiger partial charge in [-0.1, -0.05) is 6.07 Å². The molecular weight excluding hydrogens is 206 g/mol. The number of hydrogen-bond donors (Lipinski definition) is 1. The van der Waals surface area contributed by atoms with Crippen molar-refractivity contribution in [3.8, 4) is 11.5 Å². The SMILES string of the molecule is CCOc1cccc(C(=O)CCN)c1OC. The third-order valence-electron chi connectivity index (χ3n) is 2.15. The van der Waals surface area contributed by atoms with E-state index in [0.717, 1.165) is 0 Å². The van der Waals surface area contributed by atoms with Crippen molar-refractivity contribution in [1.82, 2.24) is 0 Å². The summed E-state index contributed by atoms with van der Waals surface area (Å²) < 4.78 is 10.6. The summed E-state index contributed by atoms with van der Waals surface area (Å²) in [5.41, 5.74) is 5.89. The standard InChI is InChI=1S/C12H17NO3/c1-3-16-11-6-4-5-9(12(11)15-2)10(14)7-8-13/h4-6H,3,7-8,13H2,1-2H3. The molecule has 1 aromatic rings. The van der Waals surface area contributed by atoms with Crippen molar-refractivity contribution in [3.05, 3.63) is 23.8 Å². The number of nitrogens with two attached hydrogens (primary N) is 1. The van der Waals surface area contributed by atoms with Crippen molar-refractivity contribution in [2.45, 2.75) is 13.3 Å². The number of Topliss-reactive ketones (excluding diaryl/α,β-unsaturated/α-hetero) is 1. The summed E-state index contributed by atoms with van der Waals surface area (Å²) in [5, 5.41) is 0. The van der Waals surface area contributed by atoms with Crippen LogP contribution in [0.4, 0.5) is 0 Å². The molecule has 0 fully saturated rings. The first-order chi connectivity index (χ1) is 7.74. The third-order valence-corrected chi connectivity index (χ3v) is 2.15. The van der Waals surface area contributed by atoms with Crippen LogP contribution in [0, 0.1) is 0 Å². The van der Waals surface area contributed by atoms with E-state index in [-0.39, 0.29) is 5.78 Å². The van der Waals surface area contributed by atoms with Gasteiger partial charge in [-0.25, -0.2) is 0 Å². The summed E-state index contributed by atoms with van der Waals surface area (Å²) in [6, 6.07) is 5.28. The minimum Gasteiger partial charge on any atom is -0.492 e. The Kier molecular flexibility index (Phi) is 4.79. The van der Waals surface area contributed by atoms with E-state index in [1.54, 1.807) is 18.2 Å². The van der Waals surface area contributed by atoms with Gasteiger partial charge in [-0.2, -0.15) is 0 Å². The third kappa shape index (κ3) is 2.73. The maximum Gasteiger partial charge on any atom is 0.171 e. The lowest BCUT2D eigenvalue weighted by atomic mass is 10.1. The number of carbonyl (C=O) groups is 1. The molecule has 0 spiro atoms. The lowest BCUT2D eigenvalue weighted by molar-refractivity contribution is 0.0981. The topological polar surface area (TPSA) is 61.5 Å². The molecule has 0 saturated heterocycles. The molecule has 16 heavy (non-hydrogen) atoms. The molecule has 4 heteroatoms. The zero-order valence-electron chi connectivity index (χ0n) is 9.66. The molecule has 2 N–H and O–H groups in total. The monoisotopic (exact) mass is 223 g/mol. The number of methoxy groups -OCH3 is 1. The van der Waals surface area contributed by atoms with Crippen molar-refractivity contribution in [3.63, 3.8) is 0 Å². The Morgan fingerprint density at radius 1 is 1.44 bits per heavy atom. The molecule has 0 saturated carbocycles. The molecule has 0 aliphatic rings. The van der Waals surface area contributed by atoms with Gasteiger partial charge in [0.25, 0.3) is 0 Å². The highest BCUT2D eigenvalue weighted by Crippen LogP contribution is 2.31. The zero-order chi connectivity index (χ0) is 12.0. The second-order valence-corrected chi connectivity index (χ2v) is 3.23. The summed E-state index contributed by atoms with van der Waals surface area (Å²) >= 11 is 0. The van der Waals surface area contributed by atoms with Gasteiger partial charge in [-0.15, -0.1) is 0 Å². The smallest absolute Gasteiger partial charge is 0.171 e. The maximum atomic E-state index is 11.8. The van der Waals surface area contributed by atoms with E-state index in [1.165, 1.54) is 7.11 Å². The first kappa shape index (κ1) is 12.5. The summed E-state index contributed by atoms with van der Waals surface area (Å²) in [6.07, 6.45) is 0.311. The normalized spacial score (nSPS) is 9.94. The molecule has 0 amide bonds.